The standard InChI is InChI=1S/C22H37NO2/c1-3-4-5-6-7-8-9-10-11-12-13-17-20-25-23(21(2)24)22-18-15-14-16-19-22/h14-16,18-19H,3-13,17,20H2,1-2H3. The number of rotatable bonds is 15. The topological polar surface area (TPSA) is 29.5 Å². The van der Waals surface area contributed by atoms with Crippen molar-refractivity contribution in [2.45, 2.75) is 90.9 Å². The normalized spacial score (nSPS) is 10.8. The number of carbonyl (C=O) groups excluding carboxylic acids is 1. The summed E-state index contributed by atoms with van der Waals surface area (Å²) in [7, 11) is 0. The molecule has 0 aliphatic heterocycles. The Morgan fingerprint density at radius 2 is 1.28 bits per heavy atom. The van der Waals surface area contributed by atoms with E-state index in [1.54, 1.807) is 0 Å². The smallest absolute Gasteiger partial charge is 0.247 e. The van der Waals surface area contributed by atoms with E-state index in [1.165, 1.54) is 82.6 Å². The molecule has 0 radical (unpaired) electrons. The van der Waals surface area contributed by atoms with Crippen molar-refractivity contribution >= 4 is 11.6 Å². The molecule has 1 rings (SSSR count). The van der Waals surface area contributed by atoms with E-state index < -0.39 is 0 Å². The first-order valence-electron chi connectivity index (χ1n) is 10.2. The van der Waals surface area contributed by atoms with Gasteiger partial charge in [-0.2, -0.15) is 5.06 Å². The van der Waals surface area contributed by atoms with E-state index in [0.717, 1.165) is 12.1 Å². The minimum Gasteiger partial charge on any atom is -0.273 e. The van der Waals surface area contributed by atoms with Gasteiger partial charge < -0.3 is 0 Å². The van der Waals surface area contributed by atoms with Gasteiger partial charge in [-0.05, 0) is 18.6 Å². The van der Waals surface area contributed by atoms with Gasteiger partial charge in [-0.1, -0.05) is 95.8 Å². The summed E-state index contributed by atoms with van der Waals surface area (Å²) in [6, 6.07) is 9.55. The maximum absolute atomic E-state index is 11.7. The van der Waals surface area contributed by atoms with Gasteiger partial charge in [0.15, 0.2) is 0 Å². The summed E-state index contributed by atoms with van der Waals surface area (Å²) < 4.78 is 0. The number of hydroxylamine groups is 1. The number of amides is 1. The van der Waals surface area contributed by atoms with Crippen molar-refractivity contribution in [1.29, 1.82) is 0 Å². The van der Waals surface area contributed by atoms with Crippen molar-refractivity contribution < 1.29 is 9.63 Å². The predicted octanol–water partition coefficient (Wildman–Crippen LogP) is 6.67. The van der Waals surface area contributed by atoms with Gasteiger partial charge in [0.25, 0.3) is 0 Å². The number of carbonyl (C=O) groups is 1. The highest BCUT2D eigenvalue weighted by Gasteiger charge is 2.11. The third-order valence-corrected chi connectivity index (χ3v) is 4.49. The molecular formula is C22H37NO2. The summed E-state index contributed by atoms with van der Waals surface area (Å²) in [4.78, 5) is 17.4. The molecule has 1 aromatic rings. The van der Waals surface area contributed by atoms with Gasteiger partial charge in [0.05, 0.1) is 12.3 Å². The maximum atomic E-state index is 11.7. The monoisotopic (exact) mass is 347 g/mol. The molecule has 0 N–H and O–H groups in total. The third kappa shape index (κ3) is 11.0. The van der Waals surface area contributed by atoms with Gasteiger partial charge in [0.2, 0.25) is 5.91 Å². The van der Waals surface area contributed by atoms with Crippen molar-refractivity contribution in [3.05, 3.63) is 30.3 Å². The van der Waals surface area contributed by atoms with Gasteiger partial charge >= 0.3 is 0 Å². The highest BCUT2D eigenvalue weighted by Crippen LogP contribution is 2.15. The Kier molecular flexibility index (Phi) is 13.0. The van der Waals surface area contributed by atoms with Gasteiger partial charge in [-0.3, -0.25) is 9.63 Å². The van der Waals surface area contributed by atoms with Crippen molar-refractivity contribution in [2.24, 2.45) is 0 Å². The summed E-state index contributed by atoms with van der Waals surface area (Å²) >= 11 is 0. The van der Waals surface area contributed by atoms with E-state index >= 15 is 0 Å². The Labute approximate surface area is 154 Å². The molecule has 0 saturated heterocycles. The molecule has 0 saturated carbocycles. The molecule has 0 unspecified atom stereocenters. The summed E-state index contributed by atoms with van der Waals surface area (Å²) in [5.41, 5.74) is 0.800. The lowest BCUT2D eigenvalue weighted by Gasteiger charge is -2.20. The van der Waals surface area contributed by atoms with Crippen LogP contribution in [0.4, 0.5) is 5.69 Å². The lowest BCUT2D eigenvalue weighted by molar-refractivity contribution is -0.123. The summed E-state index contributed by atoms with van der Waals surface area (Å²) in [6.07, 6.45) is 15.9. The van der Waals surface area contributed by atoms with E-state index in [1.807, 2.05) is 30.3 Å². The number of benzene rings is 1. The number of para-hydroxylation sites is 1. The fourth-order valence-electron chi connectivity index (χ4n) is 3.01. The molecule has 0 spiro atoms. The molecule has 0 bridgehead atoms. The van der Waals surface area contributed by atoms with Crippen LogP contribution in [0.15, 0.2) is 30.3 Å². The van der Waals surface area contributed by atoms with Crippen LogP contribution >= 0.6 is 0 Å². The molecule has 142 valence electrons. The Morgan fingerprint density at radius 3 is 1.76 bits per heavy atom. The first-order chi connectivity index (χ1) is 12.3. The minimum absolute atomic E-state index is 0.0786. The molecule has 1 aromatic carbocycles. The number of hydrogen-bond acceptors (Lipinski definition) is 2. The molecule has 3 nitrogen and oxygen atoms in total. The number of hydrogen-bond donors (Lipinski definition) is 0. The second-order valence-electron chi connectivity index (χ2n) is 6.87. The SMILES string of the molecule is CCCCCCCCCCCCCCON(C(C)=O)c1ccccc1. The second-order valence-corrected chi connectivity index (χ2v) is 6.87. The fourth-order valence-corrected chi connectivity index (χ4v) is 3.01. The lowest BCUT2D eigenvalue weighted by Crippen LogP contribution is -2.29. The zero-order valence-corrected chi connectivity index (χ0v) is 16.3. The fraction of sp³-hybridized carbons (Fsp3) is 0.682. The van der Waals surface area contributed by atoms with Crippen LogP contribution in [0.2, 0.25) is 0 Å². The van der Waals surface area contributed by atoms with Crippen molar-refractivity contribution in [3.63, 3.8) is 0 Å². The molecule has 25 heavy (non-hydrogen) atoms. The van der Waals surface area contributed by atoms with Gasteiger partial charge in [0, 0.05) is 6.92 Å². The molecule has 0 atom stereocenters. The van der Waals surface area contributed by atoms with E-state index in [-0.39, 0.29) is 5.91 Å². The van der Waals surface area contributed by atoms with Crippen LogP contribution in [0, 0.1) is 0 Å². The van der Waals surface area contributed by atoms with E-state index in [2.05, 4.69) is 6.92 Å². The molecule has 0 heterocycles. The first-order valence-corrected chi connectivity index (χ1v) is 10.2. The van der Waals surface area contributed by atoms with Crippen LogP contribution in [0.5, 0.6) is 0 Å². The van der Waals surface area contributed by atoms with Crippen LogP contribution in [0.25, 0.3) is 0 Å². The maximum Gasteiger partial charge on any atom is 0.247 e. The van der Waals surface area contributed by atoms with Crippen molar-refractivity contribution in [2.75, 3.05) is 11.7 Å². The first kappa shape index (κ1) is 21.7. The molecule has 3 heteroatoms. The van der Waals surface area contributed by atoms with Crippen molar-refractivity contribution in [3.8, 4) is 0 Å². The van der Waals surface area contributed by atoms with Gasteiger partial charge in [0.1, 0.15) is 0 Å². The Morgan fingerprint density at radius 1 is 0.800 bits per heavy atom. The van der Waals surface area contributed by atoms with Gasteiger partial charge in [-0.25, -0.2) is 0 Å². The van der Waals surface area contributed by atoms with E-state index in [4.69, 9.17) is 4.84 Å². The molecule has 0 fully saturated rings. The van der Waals surface area contributed by atoms with Crippen LogP contribution in [0.3, 0.4) is 0 Å². The average Bonchev–Trinajstić information content (AvgIpc) is 2.62. The predicted molar refractivity (Wildman–Crippen MR) is 107 cm³/mol. The third-order valence-electron chi connectivity index (χ3n) is 4.49. The zero-order chi connectivity index (χ0) is 18.2. The highest BCUT2D eigenvalue weighted by atomic mass is 16.7. The number of anilines is 1. The Bertz CT molecular complexity index is 433. The van der Waals surface area contributed by atoms with Crippen LogP contribution < -0.4 is 5.06 Å². The quantitative estimate of drug-likeness (QED) is 0.262. The molecule has 0 aliphatic carbocycles. The lowest BCUT2D eigenvalue weighted by atomic mass is 10.1. The summed E-state index contributed by atoms with van der Waals surface area (Å²) in [5.74, 6) is -0.0786. The summed E-state index contributed by atoms with van der Waals surface area (Å²) in [6.45, 7) is 4.41. The van der Waals surface area contributed by atoms with Crippen molar-refractivity contribution in [1.82, 2.24) is 0 Å². The summed E-state index contributed by atoms with van der Waals surface area (Å²) in [5, 5.41) is 1.40. The van der Waals surface area contributed by atoms with Gasteiger partial charge in [-0.15, -0.1) is 0 Å². The molecule has 0 aromatic heterocycles. The zero-order valence-electron chi connectivity index (χ0n) is 16.3. The average molecular weight is 348 g/mol. The highest BCUT2D eigenvalue weighted by molar-refractivity contribution is 5.89. The van der Waals surface area contributed by atoms with Crippen LogP contribution in [-0.2, 0) is 9.63 Å². The number of unbranched alkanes of at least 4 members (excludes halogenated alkanes) is 11. The minimum atomic E-state index is -0.0786. The second kappa shape index (κ2) is 14.9. The molecule has 1 amide bonds. The number of nitrogens with zero attached hydrogens (tertiary/aromatic N) is 1. The molecular weight excluding hydrogens is 310 g/mol. The largest absolute Gasteiger partial charge is 0.273 e. The van der Waals surface area contributed by atoms with E-state index in [0.29, 0.717) is 6.61 Å². The van der Waals surface area contributed by atoms with E-state index in [9.17, 15) is 4.79 Å². The van der Waals surface area contributed by atoms with Crippen LogP contribution in [0.1, 0.15) is 90.9 Å². The Balaban J connectivity index is 1.96. The molecule has 0 aliphatic rings. The van der Waals surface area contributed by atoms with Crippen LogP contribution in [-0.4, -0.2) is 12.5 Å². The Hall–Kier alpha value is -1.35.